The van der Waals surface area contributed by atoms with E-state index in [-0.39, 0.29) is 0 Å². The van der Waals surface area contributed by atoms with Gasteiger partial charge in [0.2, 0.25) is 0 Å². The second-order valence-corrected chi connectivity index (χ2v) is 3.30. The van der Waals surface area contributed by atoms with Crippen LogP contribution in [0.4, 0.5) is 0 Å². The monoisotopic (exact) mass is 210 g/mol. The maximum Gasteiger partial charge on any atom is 0.127 e. The van der Waals surface area contributed by atoms with E-state index in [1.165, 1.54) is 0 Å². The van der Waals surface area contributed by atoms with Gasteiger partial charge in [0, 0.05) is 11.4 Å². The maximum absolute atomic E-state index is 5.84. The summed E-state index contributed by atoms with van der Waals surface area (Å²) >= 11 is 5.84. The van der Waals surface area contributed by atoms with E-state index in [4.69, 9.17) is 21.1 Å². The average molecular weight is 211 g/mol. The molecule has 0 radical (unpaired) electrons. The molecule has 1 aliphatic heterocycles. The summed E-state index contributed by atoms with van der Waals surface area (Å²) in [5.74, 6) is 2.21. The molecule has 74 valence electrons. The van der Waals surface area contributed by atoms with E-state index in [1.807, 2.05) is 24.3 Å². The summed E-state index contributed by atoms with van der Waals surface area (Å²) in [5, 5.41) is 0. The number of fused-ring (bicyclic) bond motifs is 1. The zero-order chi connectivity index (χ0) is 9.97. The van der Waals surface area contributed by atoms with Crippen molar-refractivity contribution in [2.24, 2.45) is 0 Å². The largest absolute Gasteiger partial charge is 0.497 e. The molecule has 0 aromatic heterocycles. The third kappa shape index (κ3) is 1.58. The molecule has 1 aliphatic rings. The fraction of sp³-hybridized carbons (Fsp3) is 0.273. The van der Waals surface area contributed by atoms with Crippen molar-refractivity contribution in [3.05, 3.63) is 29.8 Å². The Morgan fingerprint density at radius 3 is 3.07 bits per heavy atom. The second kappa shape index (κ2) is 3.93. The number of benzene rings is 1. The van der Waals surface area contributed by atoms with Crippen LogP contribution in [0, 0.1) is 0 Å². The highest BCUT2D eigenvalue weighted by Gasteiger charge is 2.13. The van der Waals surface area contributed by atoms with Gasteiger partial charge >= 0.3 is 0 Å². The summed E-state index contributed by atoms with van der Waals surface area (Å²) in [4.78, 5) is 0. The molecule has 0 amide bonds. The van der Waals surface area contributed by atoms with Crippen molar-refractivity contribution >= 4 is 17.2 Å². The predicted octanol–water partition coefficient (Wildman–Crippen LogP) is 2.71. The van der Waals surface area contributed by atoms with Gasteiger partial charge in [0.1, 0.15) is 18.1 Å². The van der Waals surface area contributed by atoms with Gasteiger partial charge in [0.05, 0.1) is 7.11 Å². The fourth-order valence-corrected chi connectivity index (χ4v) is 1.73. The minimum Gasteiger partial charge on any atom is -0.497 e. The molecule has 0 saturated carbocycles. The molecule has 14 heavy (non-hydrogen) atoms. The van der Waals surface area contributed by atoms with Gasteiger partial charge in [-0.15, -0.1) is 11.6 Å². The Labute approximate surface area is 88.1 Å². The normalized spacial score (nSPS) is 14.0. The van der Waals surface area contributed by atoms with Crippen molar-refractivity contribution < 1.29 is 9.47 Å². The number of hydrogen-bond acceptors (Lipinski definition) is 2. The van der Waals surface area contributed by atoms with Crippen LogP contribution in [0.5, 0.6) is 11.5 Å². The molecule has 0 N–H and O–H groups in total. The molecule has 1 aromatic rings. The van der Waals surface area contributed by atoms with Crippen molar-refractivity contribution in [2.45, 2.75) is 0 Å². The lowest BCUT2D eigenvalue weighted by Gasteiger charge is -2.17. The van der Waals surface area contributed by atoms with Crippen LogP contribution < -0.4 is 9.47 Å². The first kappa shape index (κ1) is 9.41. The molecule has 0 bridgehead atoms. The molecule has 0 unspecified atom stereocenters. The minimum atomic E-state index is 0.503. The summed E-state index contributed by atoms with van der Waals surface area (Å²) in [6.07, 6.45) is 1.99. The van der Waals surface area contributed by atoms with Gasteiger partial charge in [0.25, 0.3) is 0 Å². The van der Waals surface area contributed by atoms with Gasteiger partial charge in [-0.3, -0.25) is 0 Å². The van der Waals surface area contributed by atoms with Gasteiger partial charge in [0.15, 0.2) is 0 Å². The fourth-order valence-electron chi connectivity index (χ4n) is 1.48. The lowest BCUT2D eigenvalue weighted by molar-refractivity contribution is 0.355. The molecule has 0 saturated heterocycles. The highest BCUT2D eigenvalue weighted by Crippen LogP contribution is 2.33. The average Bonchev–Trinajstić information content (AvgIpc) is 2.27. The highest BCUT2D eigenvalue weighted by molar-refractivity contribution is 6.23. The summed E-state index contributed by atoms with van der Waals surface area (Å²) in [6, 6.07) is 5.74. The Bertz CT molecular complexity index is 372. The van der Waals surface area contributed by atoms with Crippen LogP contribution in [0.3, 0.4) is 0 Å². The number of allylic oxidation sites excluding steroid dienone is 1. The summed E-state index contributed by atoms with van der Waals surface area (Å²) in [5.41, 5.74) is 2.14. The SMILES string of the molecule is COc1ccc2c(c1)C(CCl)=CCO2. The van der Waals surface area contributed by atoms with Crippen molar-refractivity contribution in [3.8, 4) is 11.5 Å². The lowest BCUT2D eigenvalue weighted by Crippen LogP contribution is -2.05. The summed E-state index contributed by atoms with van der Waals surface area (Å²) in [7, 11) is 1.65. The standard InChI is InChI=1S/C11H11ClO2/c1-13-9-2-3-11-10(6-9)8(7-12)4-5-14-11/h2-4,6H,5,7H2,1H3. The lowest BCUT2D eigenvalue weighted by atomic mass is 10.0. The van der Waals surface area contributed by atoms with E-state index in [0.29, 0.717) is 12.5 Å². The van der Waals surface area contributed by atoms with E-state index in [2.05, 4.69) is 0 Å². The molecule has 2 nitrogen and oxygen atoms in total. The van der Waals surface area contributed by atoms with Gasteiger partial charge in [-0.25, -0.2) is 0 Å². The Morgan fingerprint density at radius 2 is 2.36 bits per heavy atom. The molecule has 3 heteroatoms. The van der Waals surface area contributed by atoms with Crippen LogP contribution in [0.1, 0.15) is 5.56 Å². The molecule has 2 rings (SSSR count). The molecular weight excluding hydrogens is 200 g/mol. The number of alkyl halides is 1. The van der Waals surface area contributed by atoms with Crippen LogP contribution >= 0.6 is 11.6 Å². The van der Waals surface area contributed by atoms with Crippen molar-refractivity contribution in [1.29, 1.82) is 0 Å². The van der Waals surface area contributed by atoms with E-state index in [1.54, 1.807) is 7.11 Å². The topological polar surface area (TPSA) is 18.5 Å². The Balaban J connectivity index is 2.46. The molecule has 0 atom stereocenters. The Kier molecular flexibility index (Phi) is 2.64. The highest BCUT2D eigenvalue weighted by atomic mass is 35.5. The molecule has 0 aliphatic carbocycles. The third-order valence-corrected chi connectivity index (χ3v) is 2.53. The predicted molar refractivity (Wildman–Crippen MR) is 57.2 cm³/mol. The minimum absolute atomic E-state index is 0.503. The molecule has 0 spiro atoms. The van der Waals surface area contributed by atoms with Gasteiger partial charge in [-0.05, 0) is 29.8 Å². The van der Waals surface area contributed by atoms with Gasteiger partial charge < -0.3 is 9.47 Å². The molecule has 1 heterocycles. The number of rotatable bonds is 2. The zero-order valence-corrected chi connectivity index (χ0v) is 8.67. The Hall–Kier alpha value is -1.15. The first-order chi connectivity index (χ1) is 6.85. The van der Waals surface area contributed by atoms with E-state index >= 15 is 0 Å². The molecular formula is C11H11ClO2. The number of methoxy groups -OCH3 is 1. The van der Waals surface area contributed by atoms with Crippen molar-refractivity contribution in [3.63, 3.8) is 0 Å². The first-order valence-corrected chi connectivity index (χ1v) is 4.95. The second-order valence-electron chi connectivity index (χ2n) is 3.04. The summed E-state index contributed by atoms with van der Waals surface area (Å²) < 4.78 is 10.6. The zero-order valence-electron chi connectivity index (χ0n) is 7.92. The number of ether oxygens (including phenoxy) is 2. The first-order valence-electron chi connectivity index (χ1n) is 4.41. The van der Waals surface area contributed by atoms with E-state index in [9.17, 15) is 0 Å². The number of halogens is 1. The van der Waals surface area contributed by atoms with Crippen LogP contribution in [0.15, 0.2) is 24.3 Å². The molecule has 0 fully saturated rings. The van der Waals surface area contributed by atoms with Crippen LogP contribution in [-0.4, -0.2) is 19.6 Å². The van der Waals surface area contributed by atoms with Gasteiger partial charge in [-0.2, -0.15) is 0 Å². The van der Waals surface area contributed by atoms with Crippen molar-refractivity contribution in [2.75, 3.05) is 19.6 Å². The van der Waals surface area contributed by atoms with Crippen molar-refractivity contribution in [1.82, 2.24) is 0 Å². The summed E-state index contributed by atoms with van der Waals surface area (Å²) in [6.45, 7) is 0.599. The quantitative estimate of drug-likeness (QED) is 0.699. The van der Waals surface area contributed by atoms with Crippen LogP contribution in [-0.2, 0) is 0 Å². The van der Waals surface area contributed by atoms with Crippen LogP contribution in [0.2, 0.25) is 0 Å². The number of hydrogen-bond donors (Lipinski definition) is 0. The molecule has 1 aromatic carbocycles. The van der Waals surface area contributed by atoms with Crippen LogP contribution in [0.25, 0.3) is 5.57 Å². The third-order valence-electron chi connectivity index (χ3n) is 2.25. The maximum atomic E-state index is 5.84. The smallest absolute Gasteiger partial charge is 0.127 e. The van der Waals surface area contributed by atoms with E-state index in [0.717, 1.165) is 22.6 Å². The van der Waals surface area contributed by atoms with E-state index < -0.39 is 0 Å². The Morgan fingerprint density at radius 1 is 1.50 bits per heavy atom. The van der Waals surface area contributed by atoms with Gasteiger partial charge in [-0.1, -0.05) is 0 Å².